The van der Waals surface area contributed by atoms with Gasteiger partial charge < -0.3 is 9.47 Å². The molecule has 2 aromatic carbocycles. The minimum Gasteiger partial charge on any atom is -0.494 e. The van der Waals surface area contributed by atoms with Gasteiger partial charge in [-0.15, -0.1) is 0 Å². The predicted octanol–water partition coefficient (Wildman–Crippen LogP) is 3.24. The smallest absolute Gasteiger partial charge is 0.265 e. The zero-order valence-electron chi connectivity index (χ0n) is 16.3. The molecule has 0 unspecified atom stereocenters. The highest BCUT2D eigenvalue weighted by Crippen LogP contribution is 2.33. The van der Waals surface area contributed by atoms with E-state index in [1.54, 1.807) is 20.2 Å². The van der Waals surface area contributed by atoms with Gasteiger partial charge in [-0.3, -0.25) is 19.4 Å². The summed E-state index contributed by atoms with van der Waals surface area (Å²) in [5.74, 6) is 0.428. The Labute approximate surface area is 169 Å². The van der Waals surface area contributed by atoms with Crippen LogP contribution in [-0.4, -0.2) is 54.0 Å². The molecule has 0 saturated carbocycles. The number of carbonyl (C=O) groups is 2. The summed E-state index contributed by atoms with van der Waals surface area (Å²) in [5, 5.41) is 1.96. The van der Waals surface area contributed by atoms with Crippen LogP contribution in [0.3, 0.4) is 0 Å². The van der Waals surface area contributed by atoms with Crippen molar-refractivity contribution in [1.29, 1.82) is 0 Å². The van der Waals surface area contributed by atoms with Crippen LogP contribution in [0.5, 0.6) is 11.5 Å². The van der Waals surface area contributed by atoms with Crippen molar-refractivity contribution in [1.82, 2.24) is 9.80 Å². The fourth-order valence-electron chi connectivity index (χ4n) is 3.11. The highest BCUT2D eigenvalue weighted by atomic mass is 32.1. The van der Waals surface area contributed by atoms with Gasteiger partial charge in [-0.25, -0.2) is 0 Å². The van der Waals surface area contributed by atoms with Crippen molar-refractivity contribution in [3.8, 4) is 11.5 Å². The van der Waals surface area contributed by atoms with Gasteiger partial charge in [0.2, 0.25) is 0 Å². The van der Waals surface area contributed by atoms with Crippen molar-refractivity contribution in [2.45, 2.75) is 13.8 Å². The van der Waals surface area contributed by atoms with E-state index in [9.17, 15) is 9.59 Å². The molecule has 1 heterocycles. The van der Waals surface area contributed by atoms with Crippen molar-refractivity contribution in [3.05, 3.63) is 41.5 Å². The van der Waals surface area contributed by atoms with Gasteiger partial charge in [0.1, 0.15) is 17.1 Å². The maximum Gasteiger partial charge on any atom is 0.265 e. The number of thiocarbonyl (C=S) groups is 1. The molecule has 1 aliphatic rings. The molecule has 0 spiro atoms. The zero-order chi connectivity index (χ0) is 20.4. The first-order valence-corrected chi connectivity index (χ1v) is 9.44. The maximum atomic E-state index is 12.7. The zero-order valence-corrected chi connectivity index (χ0v) is 17.1. The molecule has 1 aliphatic heterocycles. The minimum absolute atomic E-state index is 0.0360. The predicted molar refractivity (Wildman–Crippen MR) is 112 cm³/mol. The van der Waals surface area contributed by atoms with Gasteiger partial charge in [0.25, 0.3) is 11.8 Å². The summed E-state index contributed by atoms with van der Waals surface area (Å²) in [6.45, 7) is 4.79. The van der Waals surface area contributed by atoms with Gasteiger partial charge >= 0.3 is 0 Å². The number of carbonyl (C=O) groups excluding carboxylic acids is 2. The van der Waals surface area contributed by atoms with Crippen LogP contribution in [0, 0.1) is 0 Å². The first kappa shape index (κ1) is 19.8. The lowest BCUT2D eigenvalue weighted by molar-refractivity contribution is -0.132. The third-order valence-corrected chi connectivity index (χ3v) is 5.09. The third-order valence-electron chi connectivity index (χ3n) is 4.54. The Morgan fingerprint density at radius 3 is 2.18 bits per heavy atom. The van der Waals surface area contributed by atoms with E-state index in [1.165, 1.54) is 9.80 Å². The van der Waals surface area contributed by atoms with Gasteiger partial charge in [-0.2, -0.15) is 0 Å². The monoisotopic (exact) mass is 398 g/mol. The van der Waals surface area contributed by atoms with Crippen molar-refractivity contribution >= 4 is 46.0 Å². The molecule has 6 nitrogen and oxygen atoms in total. The van der Waals surface area contributed by atoms with E-state index >= 15 is 0 Å². The molecule has 1 fully saturated rings. The van der Waals surface area contributed by atoms with Crippen molar-refractivity contribution in [2.24, 2.45) is 0 Å². The number of amides is 2. The van der Waals surface area contributed by atoms with Crippen LogP contribution in [0.1, 0.15) is 19.4 Å². The fraction of sp³-hybridized carbons (Fsp3) is 0.286. The SMILES string of the molecule is CCOc1ccc2ccc(OCC)c(C=C3C(=O)N(C)C(=S)N(C)C3=O)c2c1. The molecule has 0 atom stereocenters. The molecule has 1 saturated heterocycles. The molecule has 2 amide bonds. The fourth-order valence-corrected chi connectivity index (χ4v) is 3.27. The van der Waals surface area contributed by atoms with E-state index < -0.39 is 11.8 Å². The van der Waals surface area contributed by atoms with Gasteiger partial charge in [-0.1, -0.05) is 12.1 Å². The van der Waals surface area contributed by atoms with E-state index in [0.29, 0.717) is 30.3 Å². The lowest BCUT2D eigenvalue weighted by Crippen LogP contribution is -2.52. The summed E-state index contributed by atoms with van der Waals surface area (Å²) < 4.78 is 11.4. The van der Waals surface area contributed by atoms with Gasteiger partial charge in [0.05, 0.1) is 13.2 Å². The van der Waals surface area contributed by atoms with E-state index in [1.807, 2.05) is 44.2 Å². The van der Waals surface area contributed by atoms with E-state index in [0.717, 1.165) is 10.8 Å². The van der Waals surface area contributed by atoms with Crippen LogP contribution >= 0.6 is 12.2 Å². The Morgan fingerprint density at radius 1 is 0.964 bits per heavy atom. The number of nitrogens with zero attached hydrogens (tertiary/aromatic N) is 2. The van der Waals surface area contributed by atoms with Crippen LogP contribution in [0.2, 0.25) is 0 Å². The normalized spacial score (nSPS) is 14.7. The number of fused-ring (bicyclic) bond motifs is 1. The molecule has 28 heavy (non-hydrogen) atoms. The maximum absolute atomic E-state index is 12.7. The lowest BCUT2D eigenvalue weighted by Gasteiger charge is -2.31. The molecule has 2 aromatic rings. The van der Waals surface area contributed by atoms with E-state index in [4.69, 9.17) is 21.7 Å². The second-order valence-electron chi connectivity index (χ2n) is 6.30. The molecule has 0 radical (unpaired) electrons. The van der Waals surface area contributed by atoms with Crippen molar-refractivity contribution in [3.63, 3.8) is 0 Å². The minimum atomic E-state index is -0.437. The first-order valence-electron chi connectivity index (χ1n) is 9.03. The highest BCUT2D eigenvalue weighted by Gasteiger charge is 2.35. The second kappa shape index (κ2) is 7.98. The Morgan fingerprint density at radius 2 is 1.57 bits per heavy atom. The topological polar surface area (TPSA) is 59.1 Å². The van der Waals surface area contributed by atoms with Crippen molar-refractivity contribution in [2.75, 3.05) is 27.3 Å². The number of ether oxygens (including phenoxy) is 2. The average Bonchev–Trinajstić information content (AvgIpc) is 2.69. The molecule has 7 heteroatoms. The van der Waals surface area contributed by atoms with Crippen LogP contribution in [-0.2, 0) is 9.59 Å². The summed E-state index contributed by atoms with van der Waals surface area (Å²) in [5.41, 5.74) is 0.695. The molecular weight excluding hydrogens is 376 g/mol. The molecule has 0 aromatic heterocycles. The Balaban J connectivity index is 2.24. The van der Waals surface area contributed by atoms with E-state index in [2.05, 4.69) is 0 Å². The van der Waals surface area contributed by atoms with Gasteiger partial charge in [0, 0.05) is 19.7 Å². The van der Waals surface area contributed by atoms with Crippen LogP contribution in [0.25, 0.3) is 16.8 Å². The summed E-state index contributed by atoms with van der Waals surface area (Å²) in [6.07, 6.45) is 1.59. The molecule has 3 rings (SSSR count). The number of rotatable bonds is 5. The highest BCUT2D eigenvalue weighted by molar-refractivity contribution is 7.80. The second-order valence-corrected chi connectivity index (χ2v) is 6.66. The van der Waals surface area contributed by atoms with Crippen molar-refractivity contribution < 1.29 is 19.1 Å². The lowest BCUT2D eigenvalue weighted by atomic mass is 9.99. The summed E-state index contributed by atoms with van der Waals surface area (Å²) in [4.78, 5) is 28.0. The average molecular weight is 398 g/mol. The van der Waals surface area contributed by atoms with E-state index in [-0.39, 0.29) is 10.7 Å². The Kier molecular flexibility index (Phi) is 5.65. The summed E-state index contributed by atoms with van der Waals surface area (Å²) in [6, 6.07) is 9.50. The van der Waals surface area contributed by atoms with Crippen LogP contribution in [0.15, 0.2) is 35.9 Å². The molecule has 146 valence electrons. The molecule has 0 N–H and O–H groups in total. The number of benzene rings is 2. The Hall–Kier alpha value is -2.93. The largest absolute Gasteiger partial charge is 0.494 e. The molecular formula is C21H22N2O4S. The summed E-state index contributed by atoms with van der Waals surface area (Å²) >= 11 is 5.16. The quantitative estimate of drug-likeness (QED) is 0.440. The number of hydrogen-bond donors (Lipinski definition) is 0. The summed E-state index contributed by atoms with van der Waals surface area (Å²) in [7, 11) is 3.11. The van der Waals surface area contributed by atoms with Crippen LogP contribution < -0.4 is 9.47 Å². The Bertz CT molecular complexity index is 968. The van der Waals surface area contributed by atoms with Crippen LogP contribution in [0.4, 0.5) is 0 Å². The molecule has 0 bridgehead atoms. The standard InChI is InChI=1S/C21H22N2O4S/c1-5-26-14-9-7-13-8-10-18(27-6-2)16(15(13)11-14)12-17-19(24)22(3)21(28)23(4)20(17)25/h7-12H,5-6H2,1-4H3. The molecule has 0 aliphatic carbocycles. The number of likely N-dealkylation sites (N-methyl/N-ethyl adjacent to an activating group) is 2. The van der Waals surface area contributed by atoms with Gasteiger partial charge in [-0.05, 0) is 61.1 Å². The number of hydrogen-bond acceptors (Lipinski definition) is 5. The third kappa shape index (κ3) is 3.45. The first-order chi connectivity index (χ1) is 13.4. The van der Waals surface area contributed by atoms with Gasteiger partial charge in [0.15, 0.2) is 5.11 Å².